The van der Waals surface area contributed by atoms with Crippen molar-refractivity contribution in [1.29, 1.82) is 0 Å². The number of esters is 1. The van der Waals surface area contributed by atoms with E-state index in [4.69, 9.17) is 9.47 Å². The van der Waals surface area contributed by atoms with E-state index in [-0.39, 0.29) is 29.6 Å². The minimum Gasteiger partial charge on any atom is -0.482 e. The Morgan fingerprint density at radius 1 is 1.17 bits per heavy atom. The summed E-state index contributed by atoms with van der Waals surface area (Å²) in [5, 5.41) is 11.0. The second-order valence-corrected chi connectivity index (χ2v) is 6.76. The van der Waals surface area contributed by atoms with Gasteiger partial charge in [-0.1, -0.05) is 18.2 Å². The summed E-state index contributed by atoms with van der Waals surface area (Å²) in [4.78, 5) is 50.0. The molecule has 0 aromatic heterocycles. The number of rotatable bonds is 5. The largest absolute Gasteiger partial charge is 0.482 e. The maximum absolute atomic E-state index is 12.5. The van der Waals surface area contributed by atoms with Gasteiger partial charge in [-0.3, -0.25) is 29.4 Å². The molecule has 0 N–H and O–H groups in total. The van der Waals surface area contributed by atoms with Gasteiger partial charge in [0.15, 0.2) is 13.2 Å². The van der Waals surface area contributed by atoms with E-state index in [1.807, 2.05) is 24.3 Å². The van der Waals surface area contributed by atoms with E-state index in [0.717, 1.165) is 28.6 Å². The number of hydrogen-bond acceptors (Lipinski definition) is 7. The lowest BCUT2D eigenvalue weighted by Crippen LogP contribution is -2.43. The third kappa shape index (κ3) is 3.66. The molecule has 0 radical (unpaired) electrons. The Balaban J connectivity index is 1.41. The number of ether oxygens (including phenoxy) is 2. The summed E-state index contributed by atoms with van der Waals surface area (Å²) in [5.74, 6) is -1.46. The zero-order valence-corrected chi connectivity index (χ0v) is 15.8. The highest BCUT2D eigenvalue weighted by Gasteiger charge is 2.30. The van der Waals surface area contributed by atoms with Crippen molar-refractivity contribution in [3.05, 3.63) is 58.1 Å². The van der Waals surface area contributed by atoms with E-state index >= 15 is 0 Å². The van der Waals surface area contributed by atoms with Crippen molar-refractivity contribution in [2.24, 2.45) is 0 Å². The number of amides is 2. The first-order valence-corrected chi connectivity index (χ1v) is 9.19. The van der Waals surface area contributed by atoms with Crippen molar-refractivity contribution in [2.75, 3.05) is 36.1 Å². The Morgan fingerprint density at radius 2 is 1.97 bits per heavy atom. The van der Waals surface area contributed by atoms with Crippen LogP contribution in [0.1, 0.15) is 5.56 Å². The van der Waals surface area contributed by atoms with Gasteiger partial charge in [0.2, 0.25) is 0 Å². The second-order valence-electron chi connectivity index (χ2n) is 6.76. The normalized spacial score (nSPS) is 14.6. The van der Waals surface area contributed by atoms with E-state index in [1.54, 1.807) is 4.90 Å². The highest BCUT2D eigenvalue weighted by atomic mass is 16.6. The number of nitrogens with zero attached hydrogens (tertiary/aromatic N) is 3. The SMILES string of the molecule is O=C(CN1C(=O)COc2ccc([N+](=O)[O-])cc21)OCC(=O)N1CCc2ccccc21. The number of hydrogen-bond donors (Lipinski definition) is 0. The monoisotopic (exact) mass is 411 g/mol. The number of fused-ring (bicyclic) bond motifs is 2. The molecule has 0 fully saturated rings. The van der Waals surface area contributed by atoms with Crippen molar-refractivity contribution >= 4 is 34.8 Å². The van der Waals surface area contributed by atoms with E-state index in [9.17, 15) is 24.5 Å². The standard InChI is InChI=1S/C20H17N3O7/c24-18(21-8-7-13-3-1-2-4-15(13)21)12-30-20(26)10-22-16-9-14(23(27)28)5-6-17(16)29-11-19(22)25/h1-6,9H,7-8,10-12H2. The topological polar surface area (TPSA) is 119 Å². The van der Waals surface area contributed by atoms with E-state index in [2.05, 4.69) is 0 Å². The fourth-order valence-electron chi connectivity index (χ4n) is 3.47. The van der Waals surface area contributed by atoms with Crippen molar-refractivity contribution in [2.45, 2.75) is 6.42 Å². The molecule has 0 atom stereocenters. The summed E-state index contributed by atoms with van der Waals surface area (Å²) in [6, 6.07) is 11.3. The number of carbonyl (C=O) groups excluding carboxylic acids is 3. The average Bonchev–Trinajstić information content (AvgIpc) is 3.18. The Bertz CT molecular complexity index is 1050. The van der Waals surface area contributed by atoms with Crippen LogP contribution in [-0.4, -0.2) is 49.0 Å². The smallest absolute Gasteiger partial charge is 0.326 e. The molecular formula is C20H17N3O7. The first-order valence-electron chi connectivity index (χ1n) is 9.19. The minimum atomic E-state index is -0.802. The van der Waals surface area contributed by atoms with Crippen LogP contribution in [0, 0.1) is 10.1 Å². The molecule has 0 aliphatic carbocycles. The van der Waals surface area contributed by atoms with Gasteiger partial charge in [-0.25, -0.2) is 0 Å². The molecular weight excluding hydrogens is 394 g/mol. The Morgan fingerprint density at radius 3 is 2.77 bits per heavy atom. The number of para-hydroxylation sites is 1. The molecule has 10 nitrogen and oxygen atoms in total. The third-order valence-corrected chi connectivity index (χ3v) is 4.93. The van der Waals surface area contributed by atoms with Crippen LogP contribution in [0.15, 0.2) is 42.5 Å². The van der Waals surface area contributed by atoms with Gasteiger partial charge in [0.25, 0.3) is 17.5 Å². The van der Waals surface area contributed by atoms with Crippen molar-refractivity contribution in [3.63, 3.8) is 0 Å². The fourth-order valence-corrected chi connectivity index (χ4v) is 3.47. The predicted molar refractivity (Wildman–Crippen MR) is 104 cm³/mol. The number of nitro benzene ring substituents is 1. The molecule has 0 spiro atoms. The van der Waals surface area contributed by atoms with Crippen LogP contribution in [0.4, 0.5) is 17.1 Å². The molecule has 2 aromatic carbocycles. The molecule has 2 aromatic rings. The van der Waals surface area contributed by atoms with Gasteiger partial charge in [-0.2, -0.15) is 0 Å². The molecule has 0 saturated heterocycles. The van der Waals surface area contributed by atoms with Crippen molar-refractivity contribution < 1.29 is 28.8 Å². The lowest BCUT2D eigenvalue weighted by Gasteiger charge is -2.28. The summed E-state index contributed by atoms with van der Waals surface area (Å²) in [6.07, 6.45) is 0.730. The van der Waals surface area contributed by atoms with Gasteiger partial charge < -0.3 is 14.4 Å². The van der Waals surface area contributed by atoms with Crippen LogP contribution in [0.2, 0.25) is 0 Å². The van der Waals surface area contributed by atoms with Crippen LogP contribution in [0.25, 0.3) is 0 Å². The Labute approximate surface area is 170 Å². The van der Waals surface area contributed by atoms with E-state index < -0.39 is 30.0 Å². The molecule has 0 bridgehead atoms. The Hall–Kier alpha value is -3.95. The summed E-state index contributed by atoms with van der Waals surface area (Å²) in [6.45, 7) is -0.746. The van der Waals surface area contributed by atoms with Gasteiger partial charge in [-0.05, 0) is 24.1 Å². The second kappa shape index (κ2) is 7.82. The fraction of sp³-hybridized carbons (Fsp3) is 0.250. The zero-order chi connectivity index (χ0) is 21.3. The first-order chi connectivity index (χ1) is 14.4. The van der Waals surface area contributed by atoms with Crippen LogP contribution in [0.5, 0.6) is 5.75 Å². The third-order valence-electron chi connectivity index (χ3n) is 4.93. The van der Waals surface area contributed by atoms with Crippen LogP contribution in [-0.2, 0) is 25.5 Å². The summed E-state index contributed by atoms with van der Waals surface area (Å²) < 4.78 is 10.3. The maximum Gasteiger partial charge on any atom is 0.326 e. The number of nitro groups is 1. The quantitative estimate of drug-likeness (QED) is 0.415. The lowest BCUT2D eigenvalue weighted by molar-refractivity contribution is -0.384. The molecule has 154 valence electrons. The maximum atomic E-state index is 12.5. The molecule has 4 rings (SSSR count). The number of benzene rings is 2. The molecule has 10 heteroatoms. The number of carbonyl (C=O) groups is 3. The molecule has 0 saturated carbocycles. The van der Waals surface area contributed by atoms with E-state index in [1.165, 1.54) is 12.1 Å². The molecule has 30 heavy (non-hydrogen) atoms. The van der Waals surface area contributed by atoms with Gasteiger partial charge in [0.05, 0.1) is 10.6 Å². The minimum absolute atomic E-state index is 0.109. The van der Waals surface area contributed by atoms with Crippen molar-refractivity contribution in [1.82, 2.24) is 0 Å². The summed E-state index contributed by atoms with van der Waals surface area (Å²) in [5.41, 5.74) is 1.71. The molecule has 2 aliphatic rings. The summed E-state index contributed by atoms with van der Waals surface area (Å²) in [7, 11) is 0. The van der Waals surface area contributed by atoms with Crippen LogP contribution < -0.4 is 14.5 Å². The van der Waals surface area contributed by atoms with Crippen LogP contribution >= 0.6 is 0 Å². The average molecular weight is 411 g/mol. The predicted octanol–water partition coefficient (Wildman–Crippen LogP) is 1.45. The number of non-ortho nitro benzene ring substituents is 1. The molecule has 2 heterocycles. The molecule has 2 aliphatic heterocycles. The molecule has 0 unspecified atom stereocenters. The van der Waals surface area contributed by atoms with Gasteiger partial charge >= 0.3 is 5.97 Å². The zero-order valence-electron chi connectivity index (χ0n) is 15.8. The van der Waals surface area contributed by atoms with Gasteiger partial charge in [0.1, 0.15) is 12.3 Å². The first kappa shape index (κ1) is 19.4. The van der Waals surface area contributed by atoms with Crippen LogP contribution in [0.3, 0.4) is 0 Å². The molecule has 2 amide bonds. The summed E-state index contributed by atoms with van der Waals surface area (Å²) >= 11 is 0. The highest BCUT2D eigenvalue weighted by molar-refractivity contribution is 6.02. The number of anilines is 2. The Kier molecular flexibility index (Phi) is 5.05. The van der Waals surface area contributed by atoms with Crippen molar-refractivity contribution in [3.8, 4) is 5.75 Å². The van der Waals surface area contributed by atoms with E-state index in [0.29, 0.717) is 6.54 Å². The highest BCUT2D eigenvalue weighted by Crippen LogP contribution is 2.35. The van der Waals surface area contributed by atoms with Gasteiger partial charge in [0, 0.05) is 24.4 Å². The van der Waals surface area contributed by atoms with Gasteiger partial charge in [-0.15, -0.1) is 0 Å². The lowest BCUT2D eigenvalue weighted by atomic mass is 10.2.